The number of likely N-dealkylation sites (N-methyl/N-ethyl adjacent to an activating group) is 2. The number of rotatable bonds is 7. The van der Waals surface area contributed by atoms with Crippen molar-refractivity contribution < 1.29 is 8.78 Å². The van der Waals surface area contributed by atoms with Gasteiger partial charge in [-0.05, 0) is 39.5 Å². The van der Waals surface area contributed by atoms with Crippen LogP contribution in [-0.4, -0.2) is 31.1 Å². The molecule has 0 bridgehead atoms. The molecule has 1 N–H and O–H groups in total. The van der Waals surface area contributed by atoms with Gasteiger partial charge in [-0.1, -0.05) is 26.8 Å². The zero-order valence-corrected chi connectivity index (χ0v) is 13.1. The molecule has 114 valence electrons. The summed E-state index contributed by atoms with van der Waals surface area (Å²) in [5.74, 6) is -1.02. The van der Waals surface area contributed by atoms with Crippen LogP contribution in [0.1, 0.15) is 45.2 Å². The number of benzene rings is 1. The number of hydrogen-bond donors (Lipinski definition) is 1. The Morgan fingerprint density at radius 1 is 1.15 bits per heavy atom. The summed E-state index contributed by atoms with van der Waals surface area (Å²) in [6, 6.07) is 3.68. The average Bonchev–Trinajstić information content (AvgIpc) is 2.39. The van der Waals surface area contributed by atoms with Crippen LogP contribution < -0.4 is 5.32 Å². The fourth-order valence-corrected chi connectivity index (χ4v) is 3.08. The molecule has 1 unspecified atom stereocenters. The van der Waals surface area contributed by atoms with Gasteiger partial charge in [0.15, 0.2) is 0 Å². The minimum atomic E-state index is -0.537. The van der Waals surface area contributed by atoms with E-state index >= 15 is 0 Å². The fourth-order valence-electron chi connectivity index (χ4n) is 3.08. The first-order valence-corrected chi connectivity index (χ1v) is 7.28. The molecule has 2 nitrogen and oxygen atoms in total. The highest BCUT2D eigenvalue weighted by molar-refractivity contribution is 5.26. The van der Waals surface area contributed by atoms with Crippen LogP contribution in [-0.2, 0) is 0 Å². The lowest BCUT2D eigenvalue weighted by Crippen LogP contribution is -2.53. The van der Waals surface area contributed by atoms with E-state index in [1.807, 2.05) is 21.0 Å². The second kappa shape index (κ2) is 7.14. The molecule has 0 saturated carbocycles. The van der Waals surface area contributed by atoms with Gasteiger partial charge in [0.2, 0.25) is 0 Å². The second-order valence-electron chi connectivity index (χ2n) is 5.36. The molecular weight excluding hydrogens is 258 g/mol. The fraction of sp³-hybridized carbons (Fsp3) is 0.625. The first kappa shape index (κ1) is 17.1. The summed E-state index contributed by atoms with van der Waals surface area (Å²) in [7, 11) is 4.03. The lowest BCUT2D eigenvalue weighted by Gasteiger charge is -2.45. The third kappa shape index (κ3) is 3.18. The third-order valence-corrected chi connectivity index (χ3v) is 4.33. The van der Waals surface area contributed by atoms with Crippen molar-refractivity contribution in [2.24, 2.45) is 0 Å². The normalized spacial score (nSPS) is 13.8. The number of halogens is 2. The minimum absolute atomic E-state index is 0.168. The molecule has 0 aromatic heterocycles. The molecule has 4 heteroatoms. The zero-order chi connectivity index (χ0) is 15.3. The summed E-state index contributed by atoms with van der Waals surface area (Å²) in [6.07, 6.45) is 1.76. The minimum Gasteiger partial charge on any atom is -0.309 e. The van der Waals surface area contributed by atoms with Crippen LogP contribution in [0.4, 0.5) is 8.78 Å². The van der Waals surface area contributed by atoms with E-state index in [2.05, 4.69) is 24.1 Å². The number of nitrogens with one attached hydrogen (secondary N) is 1. The Hall–Kier alpha value is -1.00. The van der Waals surface area contributed by atoms with E-state index in [0.717, 1.165) is 25.5 Å². The molecule has 1 aromatic carbocycles. The maximum absolute atomic E-state index is 14.2. The van der Waals surface area contributed by atoms with Crippen LogP contribution in [0.15, 0.2) is 18.2 Å². The highest BCUT2D eigenvalue weighted by Crippen LogP contribution is 2.37. The predicted molar refractivity (Wildman–Crippen MR) is 79.8 cm³/mol. The summed E-state index contributed by atoms with van der Waals surface area (Å²) in [5, 5.41) is 3.38. The predicted octanol–water partition coefficient (Wildman–Crippen LogP) is 3.74. The van der Waals surface area contributed by atoms with Gasteiger partial charge in [-0.15, -0.1) is 0 Å². The van der Waals surface area contributed by atoms with Gasteiger partial charge in [-0.3, -0.25) is 0 Å². The van der Waals surface area contributed by atoms with Gasteiger partial charge in [0.05, 0.1) is 6.04 Å². The van der Waals surface area contributed by atoms with Crippen LogP contribution in [0.2, 0.25) is 0 Å². The maximum Gasteiger partial charge on any atom is 0.130 e. The first-order chi connectivity index (χ1) is 9.42. The van der Waals surface area contributed by atoms with Crippen molar-refractivity contribution in [3.05, 3.63) is 35.4 Å². The molecule has 0 heterocycles. The van der Waals surface area contributed by atoms with Crippen LogP contribution in [0.5, 0.6) is 0 Å². The van der Waals surface area contributed by atoms with E-state index in [-0.39, 0.29) is 11.6 Å². The lowest BCUT2D eigenvalue weighted by molar-refractivity contribution is 0.0872. The molecule has 0 aliphatic heterocycles. The maximum atomic E-state index is 14.2. The van der Waals surface area contributed by atoms with Gasteiger partial charge in [0, 0.05) is 17.2 Å². The van der Waals surface area contributed by atoms with Gasteiger partial charge in [0.1, 0.15) is 11.6 Å². The van der Waals surface area contributed by atoms with Crippen LogP contribution in [0.3, 0.4) is 0 Å². The molecule has 1 atom stereocenters. The Morgan fingerprint density at radius 2 is 1.75 bits per heavy atom. The third-order valence-electron chi connectivity index (χ3n) is 4.33. The Labute approximate surface area is 121 Å². The van der Waals surface area contributed by atoms with Crippen LogP contribution in [0, 0.1) is 11.6 Å². The number of nitrogens with zero attached hydrogens (tertiary/aromatic N) is 1. The molecule has 0 saturated heterocycles. The van der Waals surface area contributed by atoms with Gasteiger partial charge in [-0.2, -0.15) is 0 Å². The molecule has 0 spiro atoms. The average molecular weight is 284 g/mol. The quantitative estimate of drug-likeness (QED) is 0.820. The van der Waals surface area contributed by atoms with E-state index in [9.17, 15) is 8.78 Å². The van der Waals surface area contributed by atoms with E-state index in [0.29, 0.717) is 5.56 Å². The molecule has 0 amide bonds. The SMILES string of the molecule is CCNC(c1ccc(F)cc1F)C(CC)(CC)N(C)C. The summed E-state index contributed by atoms with van der Waals surface area (Å²) in [6.45, 7) is 6.95. The van der Waals surface area contributed by atoms with Crippen LogP contribution >= 0.6 is 0 Å². The molecule has 0 aliphatic carbocycles. The van der Waals surface area contributed by atoms with Gasteiger partial charge < -0.3 is 10.2 Å². The summed E-state index contributed by atoms with van der Waals surface area (Å²) in [5.41, 5.74) is 0.333. The molecular formula is C16H26F2N2. The first-order valence-electron chi connectivity index (χ1n) is 7.28. The Bertz CT molecular complexity index is 428. The number of hydrogen-bond acceptors (Lipinski definition) is 2. The Kier molecular flexibility index (Phi) is 6.08. The van der Waals surface area contributed by atoms with Gasteiger partial charge in [0.25, 0.3) is 0 Å². The van der Waals surface area contributed by atoms with Crippen molar-refractivity contribution in [3.63, 3.8) is 0 Å². The molecule has 1 aromatic rings. The van der Waals surface area contributed by atoms with Crippen molar-refractivity contribution in [1.29, 1.82) is 0 Å². The molecule has 1 rings (SSSR count). The topological polar surface area (TPSA) is 15.3 Å². The van der Waals surface area contributed by atoms with Gasteiger partial charge >= 0.3 is 0 Å². The largest absolute Gasteiger partial charge is 0.309 e. The van der Waals surface area contributed by atoms with Crippen molar-refractivity contribution in [2.45, 2.75) is 45.2 Å². The summed E-state index contributed by atoms with van der Waals surface area (Å²) >= 11 is 0. The lowest BCUT2D eigenvalue weighted by atomic mass is 9.79. The second-order valence-corrected chi connectivity index (χ2v) is 5.36. The van der Waals surface area contributed by atoms with E-state index in [4.69, 9.17) is 0 Å². The Morgan fingerprint density at radius 3 is 2.15 bits per heavy atom. The van der Waals surface area contributed by atoms with E-state index in [1.54, 1.807) is 6.07 Å². The smallest absolute Gasteiger partial charge is 0.130 e. The Balaban J connectivity index is 3.34. The molecule has 0 aliphatic rings. The molecule has 0 radical (unpaired) electrons. The van der Waals surface area contributed by atoms with E-state index < -0.39 is 11.6 Å². The standard InChI is InChI=1S/C16H26F2N2/c1-6-16(7-2,20(4)5)15(19-8-3)13-10-9-12(17)11-14(13)18/h9-11,15,19H,6-8H2,1-5H3. The zero-order valence-electron chi connectivity index (χ0n) is 13.1. The highest BCUT2D eigenvalue weighted by atomic mass is 19.1. The van der Waals surface area contributed by atoms with E-state index in [1.165, 1.54) is 6.07 Å². The molecule has 20 heavy (non-hydrogen) atoms. The van der Waals surface area contributed by atoms with Crippen LogP contribution in [0.25, 0.3) is 0 Å². The summed E-state index contributed by atoms with van der Waals surface area (Å²) in [4.78, 5) is 2.14. The van der Waals surface area contributed by atoms with Crippen molar-refractivity contribution in [1.82, 2.24) is 10.2 Å². The van der Waals surface area contributed by atoms with Crippen molar-refractivity contribution in [2.75, 3.05) is 20.6 Å². The van der Waals surface area contributed by atoms with Crippen molar-refractivity contribution in [3.8, 4) is 0 Å². The summed E-state index contributed by atoms with van der Waals surface area (Å²) < 4.78 is 27.3. The van der Waals surface area contributed by atoms with Crippen molar-refractivity contribution >= 4 is 0 Å². The van der Waals surface area contributed by atoms with Gasteiger partial charge in [-0.25, -0.2) is 8.78 Å². The monoisotopic (exact) mass is 284 g/mol. The molecule has 0 fully saturated rings. The highest BCUT2D eigenvalue weighted by Gasteiger charge is 2.39.